The lowest BCUT2D eigenvalue weighted by Gasteiger charge is -2.11. The van der Waals surface area contributed by atoms with Crippen molar-refractivity contribution in [2.45, 2.75) is 32.8 Å². The summed E-state index contributed by atoms with van der Waals surface area (Å²) in [6, 6.07) is 3.45. The minimum Gasteiger partial charge on any atom is -0.391 e. The van der Waals surface area contributed by atoms with Crippen LogP contribution in [-0.4, -0.2) is 35.2 Å². The fourth-order valence-corrected chi connectivity index (χ4v) is 1.55. The number of anilines is 1. The number of aromatic nitrogens is 1. The van der Waals surface area contributed by atoms with E-state index in [1.807, 2.05) is 13.8 Å². The number of amides is 1. The molecule has 5 nitrogen and oxygen atoms in total. The van der Waals surface area contributed by atoms with Crippen molar-refractivity contribution < 1.29 is 9.90 Å². The van der Waals surface area contributed by atoms with Crippen LogP contribution in [0.1, 0.15) is 37.0 Å². The monoisotopic (exact) mass is 251 g/mol. The van der Waals surface area contributed by atoms with E-state index in [0.717, 1.165) is 12.8 Å². The van der Waals surface area contributed by atoms with Crippen molar-refractivity contribution in [2.75, 3.05) is 18.4 Å². The average Bonchev–Trinajstić information content (AvgIpc) is 2.37. The SMILES string of the molecule is CCCC(O)CNc1ccc(C(=O)NCC)cn1. The third-order valence-corrected chi connectivity index (χ3v) is 2.50. The van der Waals surface area contributed by atoms with Crippen LogP contribution in [-0.2, 0) is 0 Å². The normalized spacial score (nSPS) is 11.9. The zero-order chi connectivity index (χ0) is 13.4. The van der Waals surface area contributed by atoms with Crippen LogP contribution >= 0.6 is 0 Å². The third kappa shape index (κ3) is 4.71. The van der Waals surface area contributed by atoms with Crippen LogP contribution in [0.2, 0.25) is 0 Å². The van der Waals surface area contributed by atoms with E-state index in [2.05, 4.69) is 15.6 Å². The molecule has 0 aromatic carbocycles. The van der Waals surface area contributed by atoms with Gasteiger partial charge >= 0.3 is 0 Å². The van der Waals surface area contributed by atoms with E-state index in [0.29, 0.717) is 24.5 Å². The molecule has 0 radical (unpaired) electrons. The van der Waals surface area contributed by atoms with Crippen molar-refractivity contribution in [1.29, 1.82) is 0 Å². The number of aliphatic hydroxyl groups excluding tert-OH is 1. The van der Waals surface area contributed by atoms with Crippen LogP contribution in [0.4, 0.5) is 5.82 Å². The van der Waals surface area contributed by atoms with Gasteiger partial charge in [0, 0.05) is 19.3 Å². The van der Waals surface area contributed by atoms with Crippen molar-refractivity contribution in [2.24, 2.45) is 0 Å². The highest BCUT2D eigenvalue weighted by atomic mass is 16.3. The molecule has 0 fully saturated rings. The first kappa shape index (κ1) is 14.4. The Kier molecular flexibility index (Phi) is 6.14. The fourth-order valence-electron chi connectivity index (χ4n) is 1.55. The highest BCUT2D eigenvalue weighted by molar-refractivity contribution is 5.93. The Labute approximate surface area is 108 Å². The minimum absolute atomic E-state index is 0.123. The van der Waals surface area contributed by atoms with Gasteiger partial charge in [0.1, 0.15) is 5.82 Å². The van der Waals surface area contributed by atoms with E-state index in [1.54, 1.807) is 12.1 Å². The second-order valence-electron chi connectivity index (χ2n) is 4.11. The number of hydrogen-bond donors (Lipinski definition) is 3. The second-order valence-corrected chi connectivity index (χ2v) is 4.11. The molecule has 0 spiro atoms. The topological polar surface area (TPSA) is 74.2 Å². The lowest BCUT2D eigenvalue weighted by Crippen LogP contribution is -2.23. The first-order valence-corrected chi connectivity index (χ1v) is 6.33. The molecule has 0 bridgehead atoms. The Hall–Kier alpha value is -1.62. The lowest BCUT2D eigenvalue weighted by molar-refractivity contribution is 0.0955. The van der Waals surface area contributed by atoms with Crippen molar-refractivity contribution >= 4 is 11.7 Å². The largest absolute Gasteiger partial charge is 0.391 e. The quantitative estimate of drug-likeness (QED) is 0.685. The average molecular weight is 251 g/mol. The standard InChI is InChI=1S/C13H21N3O2/c1-3-5-11(17)9-16-12-7-6-10(8-15-12)13(18)14-4-2/h6-8,11,17H,3-5,9H2,1-2H3,(H,14,18)(H,15,16). The van der Waals surface area contributed by atoms with E-state index < -0.39 is 0 Å². The van der Waals surface area contributed by atoms with Gasteiger partial charge < -0.3 is 15.7 Å². The van der Waals surface area contributed by atoms with Gasteiger partial charge in [0.05, 0.1) is 11.7 Å². The predicted octanol–water partition coefficient (Wildman–Crippen LogP) is 1.40. The number of hydrogen-bond acceptors (Lipinski definition) is 4. The van der Waals surface area contributed by atoms with Gasteiger partial charge in [-0.05, 0) is 25.5 Å². The number of aliphatic hydroxyl groups is 1. The predicted molar refractivity (Wildman–Crippen MR) is 71.6 cm³/mol. The van der Waals surface area contributed by atoms with E-state index >= 15 is 0 Å². The summed E-state index contributed by atoms with van der Waals surface area (Å²) in [7, 11) is 0. The molecule has 0 saturated heterocycles. The van der Waals surface area contributed by atoms with E-state index in [1.165, 1.54) is 6.20 Å². The molecule has 1 amide bonds. The maximum absolute atomic E-state index is 11.5. The lowest BCUT2D eigenvalue weighted by atomic mass is 10.2. The second kappa shape index (κ2) is 7.66. The molecule has 100 valence electrons. The Morgan fingerprint density at radius 1 is 1.44 bits per heavy atom. The molecule has 1 aromatic rings. The summed E-state index contributed by atoms with van der Waals surface area (Å²) >= 11 is 0. The zero-order valence-corrected chi connectivity index (χ0v) is 10.9. The molecule has 3 N–H and O–H groups in total. The van der Waals surface area contributed by atoms with Gasteiger partial charge in [-0.3, -0.25) is 4.79 Å². The number of rotatable bonds is 7. The molecule has 0 aliphatic rings. The molecule has 1 atom stereocenters. The summed E-state index contributed by atoms with van der Waals surface area (Å²) in [5, 5.41) is 15.3. The molecule has 18 heavy (non-hydrogen) atoms. The Bertz CT molecular complexity index is 365. The maximum Gasteiger partial charge on any atom is 0.252 e. The Morgan fingerprint density at radius 3 is 2.78 bits per heavy atom. The molecule has 5 heteroatoms. The first-order chi connectivity index (χ1) is 8.67. The van der Waals surface area contributed by atoms with Crippen molar-refractivity contribution in [1.82, 2.24) is 10.3 Å². The van der Waals surface area contributed by atoms with Crippen LogP contribution in [0.15, 0.2) is 18.3 Å². The maximum atomic E-state index is 11.5. The molecule has 0 saturated carbocycles. The Morgan fingerprint density at radius 2 is 2.22 bits per heavy atom. The molecule has 0 aliphatic carbocycles. The van der Waals surface area contributed by atoms with Crippen LogP contribution in [0.3, 0.4) is 0 Å². The molecule has 1 rings (SSSR count). The van der Waals surface area contributed by atoms with Crippen LogP contribution in [0.5, 0.6) is 0 Å². The number of pyridine rings is 1. The van der Waals surface area contributed by atoms with Gasteiger partial charge in [0.25, 0.3) is 5.91 Å². The third-order valence-electron chi connectivity index (χ3n) is 2.50. The first-order valence-electron chi connectivity index (χ1n) is 6.33. The van der Waals surface area contributed by atoms with Crippen molar-refractivity contribution in [3.05, 3.63) is 23.9 Å². The van der Waals surface area contributed by atoms with Gasteiger partial charge in [0.2, 0.25) is 0 Å². The molecule has 1 heterocycles. The van der Waals surface area contributed by atoms with Crippen LogP contribution < -0.4 is 10.6 Å². The van der Waals surface area contributed by atoms with Crippen LogP contribution in [0.25, 0.3) is 0 Å². The van der Waals surface area contributed by atoms with E-state index in [4.69, 9.17) is 0 Å². The minimum atomic E-state index is -0.361. The highest BCUT2D eigenvalue weighted by Crippen LogP contribution is 2.06. The van der Waals surface area contributed by atoms with Crippen molar-refractivity contribution in [3.63, 3.8) is 0 Å². The van der Waals surface area contributed by atoms with Gasteiger partial charge in [-0.25, -0.2) is 4.98 Å². The van der Waals surface area contributed by atoms with Gasteiger partial charge in [0.15, 0.2) is 0 Å². The number of carbonyl (C=O) groups excluding carboxylic acids is 1. The Balaban J connectivity index is 2.47. The van der Waals surface area contributed by atoms with Crippen LogP contribution in [0, 0.1) is 0 Å². The summed E-state index contributed by atoms with van der Waals surface area (Å²) in [4.78, 5) is 15.6. The summed E-state index contributed by atoms with van der Waals surface area (Å²) in [5.74, 6) is 0.542. The smallest absolute Gasteiger partial charge is 0.252 e. The van der Waals surface area contributed by atoms with Crippen molar-refractivity contribution in [3.8, 4) is 0 Å². The highest BCUT2D eigenvalue weighted by Gasteiger charge is 2.05. The van der Waals surface area contributed by atoms with E-state index in [9.17, 15) is 9.90 Å². The summed E-state index contributed by atoms with van der Waals surface area (Å²) < 4.78 is 0. The zero-order valence-electron chi connectivity index (χ0n) is 10.9. The number of nitrogens with zero attached hydrogens (tertiary/aromatic N) is 1. The molecular formula is C13H21N3O2. The molecule has 0 aliphatic heterocycles. The van der Waals surface area contributed by atoms with Gasteiger partial charge in [-0.2, -0.15) is 0 Å². The van der Waals surface area contributed by atoms with Gasteiger partial charge in [-0.1, -0.05) is 13.3 Å². The summed E-state index contributed by atoms with van der Waals surface area (Å²) in [5.41, 5.74) is 0.538. The summed E-state index contributed by atoms with van der Waals surface area (Å²) in [6.45, 7) is 4.97. The number of carbonyl (C=O) groups is 1. The van der Waals surface area contributed by atoms with Gasteiger partial charge in [-0.15, -0.1) is 0 Å². The molecular weight excluding hydrogens is 230 g/mol. The molecule has 1 aromatic heterocycles. The summed E-state index contributed by atoms with van der Waals surface area (Å²) in [6.07, 6.45) is 2.88. The molecule has 1 unspecified atom stereocenters. The fraction of sp³-hybridized carbons (Fsp3) is 0.538. The van der Waals surface area contributed by atoms with E-state index in [-0.39, 0.29) is 12.0 Å². The number of nitrogens with one attached hydrogen (secondary N) is 2.